The summed E-state index contributed by atoms with van der Waals surface area (Å²) in [5.74, 6) is 0. The lowest BCUT2D eigenvalue weighted by molar-refractivity contribution is 0.670. The molecular weight excluding hydrogens is 727 g/mol. The van der Waals surface area contributed by atoms with Crippen LogP contribution >= 0.6 is 0 Å². The van der Waals surface area contributed by atoms with E-state index < -0.39 is 0 Å². The summed E-state index contributed by atoms with van der Waals surface area (Å²) in [6.07, 6.45) is 0. The number of hydrogen-bond donors (Lipinski definition) is 0. The zero-order valence-electron chi connectivity index (χ0n) is 32.7. The third-order valence-electron chi connectivity index (χ3n) is 12.2. The fraction of sp³-hybridized carbons (Fsp3) is 0. The van der Waals surface area contributed by atoms with Crippen molar-refractivity contribution in [1.29, 1.82) is 0 Å². The van der Waals surface area contributed by atoms with Gasteiger partial charge in [0.05, 0.1) is 0 Å². The highest BCUT2D eigenvalue weighted by atomic mass is 16.3. The molecule has 0 aliphatic carbocycles. The topological polar surface area (TPSA) is 16.4 Å². The molecule has 0 aliphatic rings. The minimum Gasteiger partial charge on any atom is -0.455 e. The van der Waals surface area contributed by atoms with Gasteiger partial charge in [-0.05, 0) is 126 Å². The summed E-state index contributed by atoms with van der Waals surface area (Å²) in [7, 11) is 0. The number of fused-ring (bicyclic) bond motifs is 9. The summed E-state index contributed by atoms with van der Waals surface area (Å²) < 4.78 is 6.45. The van der Waals surface area contributed by atoms with Crippen molar-refractivity contribution >= 4 is 82.1 Å². The van der Waals surface area contributed by atoms with Gasteiger partial charge in [-0.3, -0.25) is 0 Å². The number of rotatable bonds is 6. The second kappa shape index (κ2) is 13.9. The molecule has 12 rings (SSSR count). The lowest BCUT2D eigenvalue weighted by atomic mass is 9.93. The molecule has 0 saturated heterocycles. The molecule has 0 radical (unpaired) electrons. The molecule has 0 bridgehead atoms. The molecule has 0 saturated carbocycles. The van der Waals surface area contributed by atoms with Gasteiger partial charge in [0.1, 0.15) is 11.2 Å². The Morgan fingerprint density at radius 2 is 0.733 bits per heavy atom. The molecule has 11 aromatic carbocycles. The van der Waals surface area contributed by atoms with Crippen molar-refractivity contribution in [1.82, 2.24) is 0 Å². The Bertz CT molecular complexity index is 3600. The Kier molecular flexibility index (Phi) is 7.89. The Morgan fingerprint density at radius 1 is 0.267 bits per heavy atom. The van der Waals surface area contributed by atoms with Crippen LogP contribution in [-0.4, -0.2) is 0 Å². The third kappa shape index (κ3) is 5.57. The highest BCUT2D eigenvalue weighted by Crippen LogP contribution is 2.43. The summed E-state index contributed by atoms with van der Waals surface area (Å²) in [6.45, 7) is 0. The maximum Gasteiger partial charge on any atom is 0.143 e. The fourth-order valence-electron chi connectivity index (χ4n) is 9.40. The second-order valence-electron chi connectivity index (χ2n) is 15.6. The van der Waals surface area contributed by atoms with E-state index in [2.05, 4.69) is 217 Å². The van der Waals surface area contributed by atoms with Crippen molar-refractivity contribution in [2.75, 3.05) is 4.90 Å². The van der Waals surface area contributed by atoms with Gasteiger partial charge in [-0.2, -0.15) is 0 Å². The molecule has 60 heavy (non-hydrogen) atoms. The fourth-order valence-corrected chi connectivity index (χ4v) is 9.40. The van der Waals surface area contributed by atoms with E-state index in [9.17, 15) is 0 Å². The van der Waals surface area contributed by atoms with Crippen LogP contribution in [0.3, 0.4) is 0 Å². The van der Waals surface area contributed by atoms with Gasteiger partial charge in [0.2, 0.25) is 0 Å². The highest BCUT2D eigenvalue weighted by molar-refractivity contribution is 6.15. The molecule has 1 aromatic heterocycles. The van der Waals surface area contributed by atoms with Gasteiger partial charge in [-0.25, -0.2) is 0 Å². The van der Waals surface area contributed by atoms with Crippen molar-refractivity contribution in [2.24, 2.45) is 0 Å². The van der Waals surface area contributed by atoms with Gasteiger partial charge in [0, 0.05) is 33.4 Å². The molecule has 2 heteroatoms. The van der Waals surface area contributed by atoms with Crippen molar-refractivity contribution in [3.05, 3.63) is 224 Å². The molecule has 0 amide bonds. The number of hydrogen-bond acceptors (Lipinski definition) is 2. The van der Waals surface area contributed by atoms with E-state index in [1.54, 1.807) is 0 Å². The molecule has 1 heterocycles. The summed E-state index contributed by atoms with van der Waals surface area (Å²) in [5.41, 5.74) is 12.1. The molecule has 0 fully saturated rings. The van der Waals surface area contributed by atoms with Gasteiger partial charge < -0.3 is 9.32 Å². The average molecular weight is 764 g/mol. The van der Waals surface area contributed by atoms with Gasteiger partial charge in [0.25, 0.3) is 0 Å². The minimum atomic E-state index is 0.905. The van der Waals surface area contributed by atoms with Gasteiger partial charge in [0.15, 0.2) is 0 Å². The van der Waals surface area contributed by atoms with E-state index in [4.69, 9.17) is 4.42 Å². The van der Waals surface area contributed by atoms with E-state index in [0.29, 0.717) is 0 Å². The summed E-state index contributed by atoms with van der Waals surface area (Å²) in [5, 5.41) is 12.3. The summed E-state index contributed by atoms with van der Waals surface area (Å²) in [6, 6.07) is 81.3. The maximum atomic E-state index is 6.45. The largest absolute Gasteiger partial charge is 0.455 e. The molecule has 280 valence electrons. The molecular formula is C58H37NO. The lowest BCUT2D eigenvalue weighted by Gasteiger charge is -2.27. The minimum absolute atomic E-state index is 0.905. The van der Waals surface area contributed by atoms with E-state index in [1.165, 1.54) is 65.3 Å². The van der Waals surface area contributed by atoms with Crippen molar-refractivity contribution < 1.29 is 4.42 Å². The number of benzene rings is 11. The van der Waals surface area contributed by atoms with Crippen LogP contribution in [0, 0.1) is 0 Å². The quantitative estimate of drug-likeness (QED) is 0.157. The van der Waals surface area contributed by atoms with Gasteiger partial charge in [-0.1, -0.05) is 170 Å². The predicted octanol–water partition coefficient (Wildman–Crippen LogP) is 16.7. The molecule has 0 aliphatic heterocycles. The van der Waals surface area contributed by atoms with Crippen LogP contribution in [-0.2, 0) is 0 Å². The number of nitrogens with zero attached hydrogens (tertiary/aromatic N) is 1. The monoisotopic (exact) mass is 763 g/mol. The van der Waals surface area contributed by atoms with Crippen LogP contribution < -0.4 is 4.90 Å². The Labute approximate surface area is 347 Å². The zero-order valence-corrected chi connectivity index (χ0v) is 32.7. The van der Waals surface area contributed by atoms with E-state index in [1.807, 2.05) is 12.1 Å². The van der Waals surface area contributed by atoms with Gasteiger partial charge in [-0.15, -0.1) is 0 Å². The van der Waals surface area contributed by atoms with E-state index in [-0.39, 0.29) is 0 Å². The SMILES string of the molecule is c1cc(-c2cc3ccccc3c3ccccc23)cc(N(c2ccc(-c3cc4ccccc4c4ccccc34)cc2)c2ccc(-c3cccc4c3oc3ccccc34)cc2)c1. The first kappa shape index (κ1) is 34.1. The number of anilines is 3. The molecule has 0 spiro atoms. The van der Waals surface area contributed by atoms with Crippen molar-refractivity contribution in [3.63, 3.8) is 0 Å². The number of para-hydroxylation sites is 2. The first-order chi connectivity index (χ1) is 29.7. The number of furan rings is 1. The van der Waals surface area contributed by atoms with Crippen LogP contribution in [0.1, 0.15) is 0 Å². The molecule has 12 aromatic rings. The second-order valence-corrected chi connectivity index (χ2v) is 15.6. The summed E-state index contributed by atoms with van der Waals surface area (Å²) in [4.78, 5) is 2.38. The van der Waals surface area contributed by atoms with Crippen LogP contribution in [0.2, 0.25) is 0 Å². The highest BCUT2D eigenvalue weighted by Gasteiger charge is 2.18. The summed E-state index contributed by atoms with van der Waals surface area (Å²) >= 11 is 0. The standard InChI is InChI=1S/C58H37NO/c1-3-17-46-41(13-1)36-55(51-21-7-5-19-49(46)51)39-29-33-44(34-30-39)59(43-31-27-38(28-32-43)48-24-12-25-54-53-23-9-10-26-57(53)60-58(48)54)45-16-11-15-40(35-45)56-37-42-14-2-4-18-47(42)50-20-6-8-22-52(50)56/h1-37H. The molecule has 2 nitrogen and oxygen atoms in total. The normalized spacial score (nSPS) is 11.7. The van der Waals surface area contributed by atoms with Crippen LogP contribution in [0.5, 0.6) is 0 Å². The first-order valence-electron chi connectivity index (χ1n) is 20.6. The Balaban J connectivity index is 1.01. The zero-order chi connectivity index (χ0) is 39.6. The van der Waals surface area contributed by atoms with Crippen LogP contribution in [0.15, 0.2) is 229 Å². The molecule has 0 unspecified atom stereocenters. The lowest BCUT2D eigenvalue weighted by Crippen LogP contribution is -2.10. The molecule has 0 atom stereocenters. The van der Waals surface area contributed by atoms with Crippen molar-refractivity contribution in [3.8, 4) is 33.4 Å². The third-order valence-corrected chi connectivity index (χ3v) is 12.2. The Hall–Kier alpha value is -7.94. The van der Waals surface area contributed by atoms with Crippen molar-refractivity contribution in [2.45, 2.75) is 0 Å². The van der Waals surface area contributed by atoms with E-state index in [0.717, 1.165) is 50.1 Å². The molecule has 0 N–H and O–H groups in total. The predicted molar refractivity (Wildman–Crippen MR) is 255 cm³/mol. The smallest absolute Gasteiger partial charge is 0.143 e. The maximum absolute atomic E-state index is 6.45. The first-order valence-corrected chi connectivity index (χ1v) is 20.6. The Morgan fingerprint density at radius 3 is 1.35 bits per heavy atom. The van der Waals surface area contributed by atoms with E-state index >= 15 is 0 Å². The van der Waals surface area contributed by atoms with Crippen LogP contribution in [0.4, 0.5) is 17.1 Å². The van der Waals surface area contributed by atoms with Crippen LogP contribution in [0.25, 0.3) is 98.4 Å². The average Bonchev–Trinajstić information content (AvgIpc) is 3.71. The van der Waals surface area contributed by atoms with Gasteiger partial charge >= 0.3 is 0 Å².